The molecule has 0 spiro atoms. The Hall–Kier alpha value is -4.82. The van der Waals surface area contributed by atoms with Gasteiger partial charge in [-0.15, -0.1) is 0 Å². The first kappa shape index (κ1) is 23.3. The molecular weight excluding hydrogens is 444 g/mol. The largest absolute Gasteiger partial charge is 0.457 e. The van der Waals surface area contributed by atoms with E-state index < -0.39 is 11.9 Å². The van der Waals surface area contributed by atoms with Crippen molar-refractivity contribution in [1.82, 2.24) is 9.97 Å². The summed E-state index contributed by atoms with van der Waals surface area (Å²) in [6.07, 6.45) is 4.24. The first-order valence-corrected chi connectivity index (χ1v) is 10.6. The number of ketones is 1. The summed E-state index contributed by atoms with van der Waals surface area (Å²) in [5.74, 6) is 0.774. The molecule has 0 aliphatic heterocycles. The summed E-state index contributed by atoms with van der Waals surface area (Å²) < 4.78 is 11.7. The molecule has 2 aromatic heterocycles. The average molecular weight is 466 g/mol. The molecule has 4 rings (SSSR count). The molecule has 0 saturated heterocycles. The topological polar surface area (TPSA) is 130 Å². The molecule has 8 heteroatoms. The van der Waals surface area contributed by atoms with Crippen LogP contribution in [0.2, 0.25) is 0 Å². The highest BCUT2D eigenvalue weighted by Gasteiger charge is 2.17. The second-order valence-electron chi connectivity index (χ2n) is 7.49. The van der Waals surface area contributed by atoms with Crippen LogP contribution in [0.15, 0.2) is 97.8 Å². The number of hydrogen-bond donors (Lipinski definition) is 2. The first-order valence-electron chi connectivity index (χ1n) is 10.6. The van der Waals surface area contributed by atoms with Crippen molar-refractivity contribution in [2.45, 2.75) is 6.04 Å². The van der Waals surface area contributed by atoms with E-state index in [1.165, 1.54) is 18.3 Å². The summed E-state index contributed by atoms with van der Waals surface area (Å²) in [6.45, 7) is 3.46. The maximum Gasteiger partial charge on any atom is 0.254 e. The predicted octanol–water partition coefficient (Wildman–Crippen LogP) is 4.58. The van der Waals surface area contributed by atoms with Gasteiger partial charge in [-0.3, -0.25) is 14.6 Å². The highest BCUT2D eigenvalue weighted by Crippen LogP contribution is 2.30. The Morgan fingerprint density at radius 1 is 0.886 bits per heavy atom. The lowest BCUT2D eigenvalue weighted by Gasteiger charge is -2.12. The highest BCUT2D eigenvalue weighted by atomic mass is 16.5. The second kappa shape index (κ2) is 10.4. The molecule has 35 heavy (non-hydrogen) atoms. The Morgan fingerprint density at radius 3 is 2.20 bits per heavy atom. The van der Waals surface area contributed by atoms with Crippen LogP contribution in [0.5, 0.6) is 23.1 Å². The molecule has 0 radical (unpaired) electrons. The van der Waals surface area contributed by atoms with E-state index in [1.54, 1.807) is 42.6 Å². The Bertz CT molecular complexity index is 1370. The number of amides is 1. The maximum atomic E-state index is 12.0. The monoisotopic (exact) mass is 466 g/mol. The quantitative estimate of drug-likeness (QED) is 0.345. The van der Waals surface area contributed by atoms with Gasteiger partial charge in [0.25, 0.3) is 5.91 Å². The number of carbonyl (C=O) groups excluding carboxylic acids is 2. The third-order valence-corrected chi connectivity index (χ3v) is 5.06. The van der Waals surface area contributed by atoms with Crippen molar-refractivity contribution in [2.24, 2.45) is 11.5 Å². The Kier molecular flexibility index (Phi) is 6.94. The lowest BCUT2D eigenvalue weighted by molar-refractivity contribution is -0.115. The zero-order chi connectivity index (χ0) is 24.8. The molecule has 0 bridgehead atoms. The predicted molar refractivity (Wildman–Crippen MR) is 131 cm³/mol. The van der Waals surface area contributed by atoms with Gasteiger partial charge in [0.05, 0.1) is 11.7 Å². The minimum Gasteiger partial charge on any atom is -0.457 e. The number of pyridine rings is 2. The van der Waals surface area contributed by atoms with Crippen LogP contribution >= 0.6 is 0 Å². The number of nitrogens with zero attached hydrogens (tertiary/aromatic N) is 2. The van der Waals surface area contributed by atoms with Crippen LogP contribution in [0.1, 0.15) is 22.0 Å². The van der Waals surface area contributed by atoms with Crippen molar-refractivity contribution in [3.05, 3.63) is 109 Å². The molecule has 1 amide bonds. The van der Waals surface area contributed by atoms with E-state index in [1.807, 2.05) is 30.3 Å². The van der Waals surface area contributed by atoms with Gasteiger partial charge in [0.1, 0.15) is 22.8 Å². The third-order valence-electron chi connectivity index (χ3n) is 5.06. The number of aromatic nitrogens is 2. The van der Waals surface area contributed by atoms with E-state index in [0.717, 1.165) is 0 Å². The van der Waals surface area contributed by atoms with Gasteiger partial charge in [-0.1, -0.05) is 24.8 Å². The minimum atomic E-state index is -0.891. The van der Waals surface area contributed by atoms with Gasteiger partial charge in [-0.2, -0.15) is 0 Å². The lowest BCUT2D eigenvalue weighted by atomic mass is 10.0. The zero-order valence-corrected chi connectivity index (χ0v) is 18.6. The van der Waals surface area contributed by atoms with Crippen LogP contribution in [0.25, 0.3) is 11.3 Å². The second-order valence-corrected chi connectivity index (χ2v) is 7.49. The SMILES string of the molecule is C=CC(=O)C(N)c1cncc(-c2ccc(C(N)=O)c(Oc3ccc(Oc4ccccc4)cc3)n2)c1. The van der Waals surface area contributed by atoms with Crippen molar-refractivity contribution < 1.29 is 19.1 Å². The van der Waals surface area contributed by atoms with Gasteiger partial charge < -0.3 is 20.9 Å². The molecular formula is C27H22N4O4. The number of ether oxygens (including phenoxy) is 2. The number of hydrogen-bond acceptors (Lipinski definition) is 7. The molecule has 4 N–H and O–H groups in total. The zero-order valence-electron chi connectivity index (χ0n) is 18.6. The van der Waals surface area contributed by atoms with E-state index >= 15 is 0 Å². The fraction of sp³-hybridized carbons (Fsp3) is 0.0370. The van der Waals surface area contributed by atoms with Gasteiger partial charge in [0, 0.05) is 18.0 Å². The number of nitrogens with two attached hydrogens (primary N) is 2. The highest BCUT2D eigenvalue weighted by molar-refractivity contribution is 5.96. The Balaban J connectivity index is 1.60. The molecule has 1 unspecified atom stereocenters. The van der Waals surface area contributed by atoms with Crippen LogP contribution in [0, 0.1) is 0 Å². The molecule has 0 aliphatic rings. The summed E-state index contributed by atoms with van der Waals surface area (Å²) in [6, 6.07) is 20.2. The summed E-state index contributed by atoms with van der Waals surface area (Å²) in [4.78, 5) is 32.5. The summed E-state index contributed by atoms with van der Waals surface area (Å²) in [7, 11) is 0. The van der Waals surface area contributed by atoms with Crippen LogP contribution in [0.4, 0.5) is 0 Å². The summed E-state index contributed by atoms with van der Waals surface area (Å²) in [5, 5.41) is 0. The molecule has 4 aromatic rings. The van der Waals surface area contributed by atoms with Crippen molar-refractivity contribution in [2.75, 3.05) is 0 Å². The van der Waals surface area contributed by atoms with Gasteiger partial charge in [-0.05, 0) is 66.2 Å². The van der Waals surface area contributed by atoms with Crippen molar-refractivity contribution in [1.29, 1.82) is 0 Å². The molecule has 174 valence electrons. The standard InChI is InChI=1S/C27H22N4O4/c1-2-24(32)25(28)18-14-17(15-30-16-18)23-13-12-22(26(29)33)27(31-23)35-21-10-8-20(9-11-21)34-19-6-4-3-5-7-19/h2-16,25H,1,28H2,(H2,29,33). The van der Waals surface area contributed by atoms with Gasteiger partial charge >= 0.3 is 0 Å². The number of primary amides is 1. The number of rotatable bonds is 9. The van der Waals surface area contributed by atoms with E-state index in [4.69, 9.17) is 20.9 Å². The summed E-state index contributed by atoms with van der Waals surface area (Å²) in [5.41, 5.74) is 13.2. The molecule has 1 atom stereocenters. The van der Waals surface area contributed by atoms with Crippen LogP contribution in [-0.2, 0) is 4.79 Å². The molecule has 8 nitrogen and oxygen atoms in total. The molecule has 0 aliphatic carbocycles. The lowest BCUT2D eigenvalue weighted by Crippen LogP contribution is -2.19. The van der Waals surface area contributed by atoms with Gasteiger partial charge in [0.2, 0.25) is 5.88 Å². The molecule has 0 fully saturated rings. The van der Waals surface area contributed by atoms with Gasteiger partial charge in [-0.25, -0.2) is 4.98 Å². The van der Waals surface area contributed by atoms with E-state index in [9.17, 15) is 9.59 Å². The van der Waals surface area contributed by atoms with E-state index in [2.05, 4.69) is 16.5 Å². The number of benzene rings is 2. The fourth-order valence-electron chi connectivity index (χ4n) is 3.24. The minimum absolute atomic E-state index is 0.0311. The van der Waals surface area contributed by atoms with Crippen LogP contribution < -0.4 is 20.9 Å². The van der Waals surface area contributed by atoms with Gasteiger partial charge in [0.15, 0.2) is 5.78 Å². The smallest absolute Gasteiger partial charge is 0.254 e. The average Bonchev–Trinajstić information content (AvgIpc) is 2.89. The fourth-order valence-corrected chi connectivity index (χ4v) is 3.24. The molecule has 2 aromatic carbocycles. The maximum absolute atomic E-state index is 12.0. The molecule has 0 saturated carbocycles. The Morgan fingerprint density at radius 2 is 1.54 bits per heavy atom. The number of para-hydroxylation sites is 1. The molecule has 2 heterocycles. The Labute approximate surface area is 201 Å². The van der Waals surface area contributed by atoms with E-state index in [-0.39, 0.29) is 17.2 Å². The van der Waals surface area contributed by atoms with Crippen molar-refractivity contribution in [3.63, 3.8) is 0 Å². The van der Waals surface area contributed by atoms with Crippen LogP contribution in [0.3, 0.4) is 0 Å². The van der Waals surface area contributed by atoms with Crippen LogP contribution in [-0.4, -0.2) is 21.7 Å². The third kappa shape index (κ3) is 5.58. The van der Waals surface area contributed by atoms with Crippen molar-refractivity contribution >= 4 is 11.7 Å². The van der Waals surface area contributed by atoms with Crippen molar-refractivity contribution in [3.8, 4) is 34.4 Å². The first-order chi connectivity index (χ1) is 16.9. The van der Waals surface area contributed by atoms with E-state index in [0.29, 0.717) is 34.1 Å². The summed E-state index contributed by atoms with van der Waals surface area (Å²) >= 11 is 0. The normalized spacial score (nSPS) is 11.3. The number of carbonyl (C=O) groups is 2.